The molecule has 0 atom stereocenters. The Balaban J connectivity index is 1.05. The van der Waals surface area contributed by atoms with Gasteiger partial charge in [-0.2, -0.15) is 0 Å². The predicted octanol–water partition coefficient (Wildman–Crippen LogP) is 3.46. The summed E-state index contributed by atoms with van der Waals surface area (Å²) in [4.78, 5) is 91.9. The van der Waals surface area contributed by atoms with E-state index in [1.54, 1.807) is 73.6 Å². The van der Waals surface area contributed by atoms with E-state index in [9.17, 15) is 33.6 Å². The molecule has 5 heterocycles. The minimum absolute atomic E-state index is 0.00140. The summed E-state index contributed by atoms with van der Waals surface area (Å²) in [6, 6.07) is 7.61. The van der Waals surface area contributed by atoms with Crippen LogP contribution in [-0.4, -0.2) is 105 Å². The van der Waals surface area contributed by atoms with Gasteiger partial charge in [-0.15, -0.1) is 11.3 Å². The summed E-state index contributed by atoms with van der Waals surface area (Å²) in [5.74, 6) is -2.72. The lowest BCUT2D eigenvalue weighted by Gasteiger charge is -2.10. The highest BCUT2D eigenvalue weighted by molar-refractivity contribution is 7.12. The molecule has 0 unspecified atom stereocenters. The number of thiophene rings is 1. The number of aryl methyl sites for hydroxylation is 4. The van der Waals surface area contributed by atoms with Gasteiger partial charge >= 0.3 is 0 Å². The van der Waals surface area contributed by atoms with Gasteiger partial charge in [0.1, 0.15) is 22.8 Å². The summed E-state index contributed by atoms with van der Waals surface area (Å²) >= 11 is 7.12. The van der Waals surface area contributed by atoms with E-state index in [0.29, 0.717) is 39.2 Å². The molecule has 5 aromatic heterocycles. The van der Waals surface area contributed by atoms with Crippen molar-refractivity contribution in [1.82, 2.24) is 39.1 Å². The number of nitrogens with zero attached hydrogens (tertiary/aromatic N) is 5. The molecule has 0 fully saturated rings. The fourth-order valence-corrected chi connectivity index (χ4v) is 7.11. The smallest absolute Gasteiger partial charge is 0.272 e. The first kappa shape index (κ1) is 45.4. The molecular weight excluding hydrogens is 828 g/mol. The van der Waals surface area contributed by atoms with Crippen molar-refractivity contribution in [3.8, 4) is 0 Å². The van der Waals surface area contributed by atoms with Crippen LogP contribution in [0.2, 0.25) is 5.02 Å². The third-order valence-corrected chi connectivity index (χ3v) is 10.5. The van der Waals surface area contributed by atoms with Crippen molar-refractivity contribution < 1.29 is 33.6 Å². The Hall–Kier alpha value is -6.64. The van der Waals surface area contributed by atoms with E-state index in [1.165, 1.54) is 44.7 Å². The second-order valence-electron chi connectivity index (χ2n) is 14.5. The summed E-state index contributed by atoms with van der Waals surface area (Å²) in [5.41, 5.74) is 2.54. The molecule has 0 saturated carbocycles. The number of carbonyl (C=O) groups is 7. The highest BCUT2D eigenvalue weighted by atomic mass is 35.5. The Morgan fingerprint density at radius 2 is 0.951 bits per heavy atom. The fraction of sp³-hybridized carbons (Fsp3) is 0.325. The van der Waals surface area contributed by atoms with Gasteiger partial charge in [-0.05, 0) is 57.4 Å². The van der Waals surface area contributed by atoms with E-state index in [1.807, 2.05) is 19.0 Å². The molecule has 0 aliphatic heterocycles. The molecule has 7 amide bonds. The Morgan fingerprint density at radius 1 is 0.541 bits per heavy atom. The fourth-order valence-electron chi connectivity index (χ4n) is 6.14. The average molecular weight is 877 g/mol. The monoisotopic (exact) mass is 876 g/mol. The van der Waals surface area contributed by atoms with Gasteiger partial charge in [0, 0.05) is 90.8 Å². The molecule has 324 valence electrons. The highest BCUT2D eigenvalue weighted by Gasteiger charge is 2.20. The maximum atomic E-state index is 13.2. The van der Waals surface area contributed by atoms with Crippen LogP contribution in [0.25, 0.3) is 0 Å². The van der Waals surface area contributed by atoms with Gasteiger partial charge in [-0.25, -0.2) is 0 Å². The molecule has 61 heavy (non-hydrogen) atoms. The standard InChI is InChI=1S/C40H49ClN12O7S/c1-49(2)13-7-10-42-34(54)8-11-43-36(56)29-16-26(20-50(29)3)46-38(58)31-15-25(19-52(31)5)45-35(55)9-12-44-37(57)30-17-27(21-51(30)4)47-39(59)32-18-28(22-53(32)6)48-40(60)33-14-24(41)23-61-33/h14-23H,7-13H2,1-6H3,(H,42,54)(H,43,56)(H,44,57)(H,45,55)(H,46,58)(H,47,59)(H,48,60). The third kappa shape index (κ3) is 12.7. The quantitative estimate of drug-likeness (QED) is 0.0607. The Morgan fingerprint density at radius 3 is 1.38 bits per heavy atom. The van der Waals surface area contributed by atoms with Crippen molar-refractivity contribution in [2.75, 3.05) is 61.5 Å². The molecule has 0 aromatic carbocycles. The molecule has 5 rings (SSSR count). The van der Waals surface area contributed by atoms with E-state index in [4.69, 9.17) is 11.6 Å². The molecule has 21 heteroatoms. The normalized spacial score (nSPS) is 11.0. The minimum atomic E-state index is -0.477. The number of amides is 7. The summed E-state index contributed by atoms with van der Waals surface area (Å²) in [6.07, 6.45) is 7.22. The molecule has 0 bridgehead atoms. The van der Waals surface area contributed by atoms with Crippen LogP contribution in [0.1, 0.15) is 70.9 Å². The third-order valence-electron chi connectivity index (χ3n) is 9.18. The Bertz CT molecular complexity index is 2440. The number of anilines is 4. The van der Waals surface area contributed by atoms with Gasteiger partial charge in [-0.1, -0.05) is 11.6 Å². The first-order valence-corrected chi connectivity index (χ1v) is 20.3. The van der Waals surface area contributed by atoms with Crippen LogP contribution in [-0.2, 0) is 37.8 Å². The summed E-state index contributed by atoms with van der Waals surface area (Å²) in [6.45, 7) is 1.57. The Labute approximate surface area is 360 Å². The van der Waals surface area contributed by atoms with E-state index < -0.39 is 29.5 Å². The van der Waals surface area contributed by atoms with Crippen molar-refractivity contribution in [2.45, 2.75) is 19.3 Å². The molecule has 0 spiro atoms. The number of carbonyl (C=O) groups excluding carboxylic acids is 7. The molecule has 5 aromatic rings. The summed E-state index contributed by atoms with van der Waals surface area (Å²) < 4.78 is 6.20. The van der Waals surface area contributed by atoms with Crippen LogP contribution in [0.5, 0.6) is 0 Å². The average Bonchev–Trinajstić information content (AvgIpc) is 4.02. The van der Waals surface area contributed by atoms with Crippen LogP contribution in [0, 0.1) is 0 Å². The van der Waals surface area contributed by atoms with Gasteiger partial charge in [-0.3, -0.25) is 33.6 Å². The number of aromatic nitrogens is 4. The van der Waals surface area contributed by atoms with E-state index in [2.05, 4.69) is 37.2 Å². The summed E-state index contributed by atoms with van der Waals surface area (Å²) in [7, 11) is 10.5. The van der Waals surface area contributed by atoms with Crippen LogP contribution in [0.15, 0.2) is 60.5 Å². The lowest BCUT2D eigenvalue weighted by molar-refractivity contribution is -0.121. The van der Waals surface area contributed by atoms with Crippen LogP contribution >= 0.6 is 22.9 Å². The second kappa shape index (κ2) is 20.6. The van der Waals surface area contributed by atoms with Gasteiger partial charge in [0.15, 0.2) is 0 Å². The van der Waals surface area contributed by atoms with E-state index in [0.717, 1.165) is 13.0 Å². The van der Waals surface area contributed by atoms with Crippen molar-refractivity contribution in [1.29, 1.82) is 0 Å². The molecule has 0 saturated heterocycles. The SMILES string of the molecule is CN(C)CCCNC(=O)CCNC(=O)c1cc(NC(=O)c2cc(NC(=O)CCNC(=O)c3cc(NC(=O)c4cc(NC(=O)c5cc(Cl)cs5)cn4C)cn3C)cn2C)cn1C. The van der Waals surface area contributed by atoms with E-state index >= 15 is 0 Å². The second-order valence-corrected chi connectivity index (χ2v) is 15.8. The highest BCUT2D eigenvalue weighted by Crippen LogP contribution is 2.23. The van der Waals surface area contributed by atoms with E-state index in [-0.39, 0.29) is 60.5 Å². The zero-order chi connectivity index (χ0) is 44.4. The maximum Gasteiger partial charge on any atom is 0.272 e. The zero-order valence-corrected chi connectivity index (χ0v) is 36.2. The number of halogens is 1. The molecule has 19 nitrogen and oxygen atoms in total. The number of nitrogens with one attached hydrogen (secondary N) is 7. The van der Waals surface area contributed by atoms with Gasteiger partial charge in [0.2, 0.25) is 11.8 Å². The zero-order valence-electron chi connectivity index (χ0n) is 34.6. The maximum absolute atomic E-state index is 13.2. The molecule has 0 aliphatic rings. The largest absolute Gasteiger partial charge is 0.356 e. The molecule has 0 aliphatic carbocycles. The first-order valence-electron chi connectivity index (χ1n) is 19.1. The van der Waals surface area contributed by atoms with Gasteiger partial charge in [0.25, 0.3) is 29.5 Å². The molecule has 0 radical (unpaired) electrons. The lowest BCUT2D eigenvalue weighted by atomic mass is 10.3. The number of hydrogen-bond donors (Lipinski definition) is 7. The van der Waals surface area contributed by atoms with Crippen molar-refractivity contribution in [2.24, 2.45) is 28.2 Å². The first-order chi connectivity index (χ1) is 29.0. The predicted molar refractivity (Wildman–Crippen MR) is 234 cm³/mol. The number of rotatable bonds is 19. The minimum Gasteiger partial charge on any atom is -0.356 e. The van der Waals surface area contributed by atoms with Crippen molar-refractivity contribution in [3.63, 3.8) is 0 Å². The number of hydrogen-bond acceptors (Lipinski definition) is 9. The van der Waals surface area contributed by atoms with Crippen LogP contribution < -0.4 is 37.2 Å². The summed E-state index contributed by atoms with van der Waals surface area (Å²) in [5, 5.41) is 21.4. The lowest BCUT2D eigenvalue weighted by Crippen LogP contribution is -2.32. The topological polar surface area (TPSA) is 227 Å². The molecule has 7 N–H and O–H groups in total. The molecular formula is C40H49ClN12O7S. The van der Waals surface area contributed by atoms with Crippen molar-refractivity contribution >= 4 is 87.0 Å². The van der Waals surface area contributed by atoms with Crippen LogP contribution in [0.3, 0.4) is 0 Å². The van der Waals surface area contributed by atoms with Gasteiger partial charge in [0.05, 0.1) is 32.6 Å². The van der Waals surface area contributed by atoms with Gasteiger partial charge < -0.3 is 60.4 Å². The van der Waals surface area contributed by atoms with Crippen LogP contribution in [0.4, 0.5) is 22.7 Å². The van der Waals surface area contributed by atoms with Crippen molar-refractivity contribution in [3.05, 3.63) is 93.2 Å². The Kier molecular flexibility index (Phi) is 15.3.